The van der Waals surface area contributed by atoms with Crippen molar-refractivity contribution in [2.75, 3.05) is 18.8 Å². The Morgan fingerprint density at radius 2 is 2.00 bits per heavy atom. The summed E-state index contributed by atoms with van der Waals surface area (Å²) in [5, 5.41) is 1.78. The van der Waals surface area contributed by atoms with E-state index in [1.165, 1.54) is 0 Å². The Morgan fingerprint density at radius 1 is 1.29 bits per heavy atom. The molecule has 1 saturated heterocycles. The van der Waals surface area contributed by atoms with Gasteiger partial charge in [0.25, 0.3) is 0 Å². The molecule has 1 aliphatic heterocycles. The maximum atomic E-state index is 5.72. The number of rotatable bonds is 2. The predicted molar refractivity (Wildman–Crippen MR) is 55.6 cm³/mol. The van der Waals surface area contributed by atoms with E-state index in [4.69, 9.17) is 16.3 Å². The second-order valence-corrected chi connectivity index (χ2v) is 3.59. The van der Waals surface area contributed by atoms with Gasteiger partial charge < -0.3 is 10.5 Å². The fourth-order valence-electron chi connectivity index (χ4n) is 1.59. The van der Waals surface area contributed by atoms with Crippen LogP contribution in [0.4, 0.5) is 5.69 Å². The molecule has 1 aromatic rings. The lowest BCUT2D eigenvalue weighted by Gasteiger charge is -2.13. The number of anilines is 1. The molecular formula is C10H15N3O. The third kappa shape index (κ3) is 2.16. The Labute approximate surface area is 83.4 Å². The van der Waals surface area contributed by atoms with Crippen LogP contribution in [0.5, 0.6) is 5.75 Å². The van der Waals surface area contributed by atoms with E-state index in [1.54, 1.807) is 5.01 Å². The van der Waals surface area contributed by atoms with Crippen LogP contribution < -0.4 is 16.3 Å². The predicted octanol–water partition coefficient (Wildman–Crippen LogP) is 0.596. The lowest BCUT2D eigenvalue weighted by Crippen LogP contribution is -2.30. The van der Waals surface area contributed by atoms with E-state index in [2.05, 4.69) is 0 Å². The molecule has 0 spiro atoms. The highest BCUT2D eigenvalue weighted by atomic mass is 16.5. The quantitative estimate of drug-likeness (QED) is 0.533. The van der Waals surface area contributed by atoms with Gasteiger partial charge in [-0.15, -0.1) is 0 Å². The monoisotopic (exact) mass is 193 g/mol. The van der Waals surface area contributed by atoms with Crippen LogP contribution in [0.3, 0.4) is 0 Å². The van der Waals surface area contributed by atoms with Crippen molar-refractivity contribution in [1.82, 2.24) is 5.01 Å². The van der Waals surface area contributed by atoms with Crippen LogP contribution in [0.25, 0.3) is 0 Å². The van der Waals surface area contributed by atoms with Crippen LogP contribution in [0, 0.1) is 0 Å². The van der Waals surface area contributed by atoms with Crippen LogP contribution in [-0.2, 0) is 0 Å². The summed E-state index contributed by atoms with van der Waals surface area (Å²) in [4.78, 5) is 0. The van der Waals surface area contributed by atoms with Gasteiger partial charge >= 0.3 is 0 Å². The van der Waals surface area contributed by atoms with Gasteiger partial charge in [-0.2, -0.15) is 0 Å². The lowest BCUT2D eigenvalue weighted by molar-refractivity contribution is 0.201. The van der Waals surface area contributed by atoms with Crippen LogP contribution in [0.15, 0.2) is 24.3 Å². The summed E-state index contributed by atoms with van der Waals surface area (Å²) in [5.74, 6) is 6.50. The van der Waals surface area contributed by atoms with Crippen molar-refractivity contribution < 1.29 is 4.74 Å². The van der Waals surface area contributed by atoms with Crippen molar-refractivity contribution in [3.05, 3.63) is 24.3 Å². The average Bonchev–Trinajstić information content (AvgIpc) is 2.56. The minimum Gasteiger partial charge on any atom is -0.489 e. The third-order valence-corrected chi connectivity index (χ3v) is 2.36. The molecule has 1 unspecified atom stereocenters. The maximum absolute atomic E-state index is 5.72. The first-order valence-corrected chi connectivity index (χ1v) is 4.76. The number of nitrogens with zero attached hydrogens (tertiary/aromatic N) is 1. The van der Waals surface area contributed by atoms with Gasteiger partial charge in [-0.25, -0.2) is 5.01 Å². The molecule has 76 valence electrons. The van der Waals surface area contributed by atoms with E-state index in [1.807, 2.05) is 24.3 Å². The number of hydrazine groups is 1. The van der Waals surface area contributed by atoms with Crippen molar-refractivity contribution in [1.29, 1.82) is 0 Å². The Bertz CT molecular complexity index is 299. The van der Waals surface area contributed by atoms with Gasteiger partial charge in [0.05, 0.1) is 0 Å². The van der Waals surface area contributed by atoms with E-state index in [0.29, 0.717) is 0 Å². The van der Waals surface area contributed by atoms with Gasteiger partial charge in [0.15, 0.2) is 0 Å². The van der Waals surface area contributed by atoms with Crippen LogP contribution in [0.1, 0.15) is 6.42 Å². The highest BCUT2D eigenvalue weighted by molar-refractivity contribution is 5.41. The molecular weight excluding hydrogens is 178 g/mol. The molecule has 4 nitrogen and oxygen atoms in total. The Kier molecular flexibility index (Phi) is 2.56. The second kappa shape index (κ2) is 3.86. The largest absolute Gasteiger partial charge is 0.489 e. The van der Waals surface area contributed by atoms with Crippen molar-refractivity contribution in [2.24, 2.45) is 5.84 Å². The standard InChI is InChI=1S/C10H15N3O/c11-8-1-3-9(4-2-8)14-10-5-6-13(12)7-10/h1-4,10H,5-7,11-12H2. The van der Waals surface area contributed by atoms with Crippen molar-refractivity contribution >= 4 is 5.69 Å². The van der Waals surface area contributed by atoms with Crippen molar-refractivity contribution in [3.63, 3.8) is 0 Å². The van der Waals surface area contributed by atoms with Gasteiger partial charge in [-0.05, 0) is 30.7 Å². The zero-order valence-corrected chi connectivity index (χ0v) is 8.02. The molecule has 4 N–H and O–H groups in total. The Morgan fingerprint density at radius 3 is 2.57 bits per heavy atom. The van der Waals surface area contributed by atoms with Crippen molar-refractivity contribution in [2.45, 2.75) is 12.5 Å². The zero-order chi connectivity index (χ0) is 9.97. The number of nitrogens with two attached hydrogens (primary N) is 2. The fraction of sp³-hybridized carbons (Fsp3) is 0.400. The average molecular weight is 193 g/mol. The molecule has 14 heavy (non-hydrogen) atoms. The number of nitrogen functional groups attached to an aromatic ring is 1. The van der Waals surface area contributed by atoms with E-state index in [0.717, 1.165) is 30.9 Å². The smallest absolute Gasteiger partial charge is 0.119 e. The molecule has 1 fully saturated rings. The van der Waals surface area contributed by atoms with Crippen LogP contribution in [-0.4, -0.2) is 24.2 Å². The molecule has 0 saturated carbocycles. The highest BCUT2D eigenvalue weighted by Gasteiger charge is 2.21. The molecule has 0 amide bonds. The fourth-order valence-corrected chi connectivity index (χ4v) is 1.59. The summed E-state index contributed by atoms with van der Waals surface area (Å²) in [6, 6.07) is 7.44. The van der Waals surface area contributed by atoms with Crippen LogP contribution >= 0.6 is 0 Å². The molecule has 0 aliphatic carbocycles. The van der Waals surface area contributed by atoms with E-state index in [-0.39, 0.29) is 6.10 Å². The molecule has 1 atom stereocenters. The molecule has 4 heteroatoms. The molecule has 1 heterocycles. The molecule has 0 radical (unpaired) electrons. The summed E-state index contributed by atoms with van der Waals surface area (Å²) in [7, 11) is 0. The molecule has 1 aliphatic rings. The summed E-state index contributed by atoms with van der Waals surface area (Å²) in [5.41, 5.74) is 6.33. The molecule has 0 aromatic heterocycles. The zero-order valence-electron chi connectivity index (χ0n) is 8.02. The minimum atomic E-state index is 0.212. The first-order valence-electron chi connectivity index (χ1n) is 4.76. The minimum absolute atomic E-state index is 0.212. The van der Waals surface area contributed by atoms with Crippen molar-refractivity contribution in [3.8, 4) is 5.75 Å². The third-order valence-electron chi connectivity index (χ3n) is 2.36. The number of hydrogen-bond acceptors (Lipinski definition) is 4. The topological polar surface area (TPSA) is 64.5 Å². The van der Waals surface area contributed by atoms with E-state index >= 15 is 0 Å². The number of benzene rings is 1. The van der Waals surface area contributed by atoms with Gasteiger partial charge in [-0.1, -0.05) is 0 Å². The summed E-state index contributed by atoms with van der Waals surface area (Å²) in [6.07, 6.45) is 1.20. The number of ether oxygens (including phenoxy) is 1. The van der Waals surface area contributed by atoms with E-state index in [9.17, 15) is 0 Å². The summed E-state index contributed by atoms with van der Waals surface area (Å²) in [6.45, 7) is 1.70. The Balaban J connectivity index is 1.94. The molecule has 1 aromatic carbocycles. The van der Waals surface area contributed by atoms with Crippen LogP contribution in [0.2, 0.25) is 0 Å². The highest BCUT2D eigenvalue weighted by Crippen LogP contribution is 2.18. The summed E-state index contributed by atoms with van der Waals surface area (Å²) < 4.78 is 5.72. The SMILES string of the molecule is Nc1ccc(OC2CCN(N)C2)cc1. The van der Waals surface area contributed by atoms with E-state index < -0.39 is 0 Å². The lowest BCUT2D eigenvalue weighted by atomic mass is 10.3. The second-order valence-electron chi connectivity index (χ2n) is 3.59. The first kappa shape index (κ1) is 9.30. The number of hydrogen-bond donors (Lipinski definition) is 2. The molecule has 0 bridgehead atoms. The molecule has 2 rings (SSSR count). The van der Waals surface area contributed by atoms with Gasteiger partial charge in [-0.3, -0.25) is 5.84 Å². The normalized spacial score (nSPS) is 22.5. The van der Waals surface area contributed by atoms with Gasteiger partial charge in [0.2, 0.25) is 0 Å². The Hall–Kier alpha value is -1.26. The van der Waals surface area contributed by atoms with Gasteiger partial charge in [0.1, 0.15) is 11.9 Å². The first-order chi connectivity index (χ1) is 6.74. The van der Waals surface area contributed by atoms with Gasteiger partial charge in [0, 0.05) is 18.8 Å². The maximum Gasteiger partial charge on any atom is 0.119 e. The summed E-state index contributed by atoms with van der Waals surface area (Å²) >= 11 is 0.